The molecular formula is C27H28BrN3O4S. The molecule has 1 saturated heterocycles. The van der Waals surface area contributed by atoms with Crippen LogP contribution >= 0.6 is 15.9 Å². The van der Waals surface area contributed by atoms with E-state index in [2.05, 4.69) is 21.2 Å². The SMILES string of the molecule is O=C(CN(Cc1ccccc1)S(=O)(=O)c1ccc(Br)cc1)Nc1ccc(CC(=O)N2CCCC2)cc1. The van der Waals surface area contributed by atoms with Crippen molar-refractivity contribution in [2.24, 2.45) is 0 Å². The molecule has 9 heteroatoms. The first-order valence-corrected chi connectivity index (χ1v) is 14.0. The van der Waals surface area contributed by atoms with Gasteiger partial charge in [-0.1, -0.05) is 58.4 Å². The molecule has 1 N–H and O–H groups in total. The fourth-order valence-corrected chi connectivity index (χ4v) is 5.74. The predicted molar refractivity (Wildman–Crippen MR) is 143 cm³/mol. The number of hydrogen-bond donors (Lipinski definition) is 1. The summed E-state index contributed by atoms with van der Waals surface area (Å²) in [7, 11) is -3.92. The van der Waals surface area contributed by atoms with Gasteiger partial charge in [-0.25, -0.2) is 8.42 Å². The van der Waals surface area contributed by atoms with Gasteiger partial charge in [0.2, 0.25) is 21.8 Å². The molecule has 3 aromatic carbocycles. The topological polar surface area (TPSA) is 86.8 Å². The number of amides is 2. The lowest BCUT2D eigenvalue weighted by Crippen LogP contribution is -2.37. The molecule has 0 radical (unpaired) electrons. The predicted octanol–water partition coefficient (Wildman–Crippen LogP) is 4.44. The third-order valence-electron chi connectivity index (χ3n) is 6.02. The first-order valence-electron chi connectivity index (χ1n) is 11.8. The average Bonchev–Trinajstić information content (AvgIpc) is 3.41. The number of halogens is 1. The normalized spacial score (nSPS) is 13.7. The summed E-state index contributed by atoms with van der Waals surface area (Å²) in [5.41, 5.74) is 2.18. The zero-order valence-electron chi connectivity index (χ0n) is 19.8. The minimum absolute atomic E-state index is 0.0597. The summed E-state index contributed by atoms with van der Waals surface area (Å²) in [6.07, 6.45) is 2.43. The number of nitrogens with zero attached hydrogens (tertiary/aromatic N) is 2. The van der Waals surface area contributed by atoms with Crippen molar-refractivity contribution in [3.8, 4) is 0 Å². The third-order valence-corrected chi connectivity index (χ3v) is 8.36. The molecule has 3 aromatic rings. The van der Waals surface area contributed by atoms with E-state index < -0.39 is 15.9 Å². The Bertz CT molecular complexity index is 1290. The minimum atomic E-state index is -3.92. The average molecular weight is 571 g/mol. The zero-order chi connectivity index (χ0) is 25.5. The van der Waals surface area contributed by atoms with E-state index in [1.807, 2.05) is 47.4 Å². The number of anilines is 1. The Morgan fingerprint density at radius 3 is 2.14 bits per heavy atom. The molecule has 1 aliphatic rings. The van der Waals surface area contributed by atoms with E-state index in [0.717, 1.165) is 41.5 Å². The summed E-state index contributed by atoms with van der Waals surface area (Å²) in [6, 6.07) is 22.6. The van der Waals surface area contributed by atoms with Crippen LogP contribution in [0.15, 0.2) is 88.2 Å². The maximum atomic E-state index is 13.4. The molecule has 36 heavy (non-hydrogen) atoms. The Morgan fingerprint density at radius 1 is 0.861 bits per heavy atom. The molecule has 1 aliphatic heterocycles. The smallest absolute Gasteiger partial charge is 0.243 e. The van der Waals surface area contributed by atoms with Gasteiger partial charge >= 0.3 is 0 Å². The van der Waals surface area contributed by atoms with E-state index in [1.54, 1.807) is 24.3 Å². The summed E-state index contributed by atoms with van der Waals surface area (Å²) in [5.74, 6) is -0.341. The molecule has 1 heterocycles. The van der Waals surface area contributed by atoms with Crippen LogP contribution in [0.4, 0.5) is 5.69 Å². The first kappa shape index (κ1) is 26.1. The molecule has 0 atom stereocenters. The van der Waals surface area contributed by atoms with Crippen molar-refractivity contribution in [1.82, 2.24) is 9.21 Å². The molecule has 4 rings (SSSR count). The van der Waals surface area contributed by atoms with Crippen molar-refractivity contribution in [2.75, 3.05) is 25.0 Å². The Labute approximate surface area is 220 Å². The molecule has 0 spiro atoms. The molecule has 0 aromatic heterocycles. The van der Waals surface area contributed by atoms with Crippen molar-refractivity contribution < 1.29 is 18.0 Å². The number of carbonyl (C=O) groups is 2. The fourth-order valence-electron chi connectivity index (χ4n) is 4.09. The number of sulfonamides is 1. The number of carbonyl (C=O) groups excluding carboxylic acids is 2. The van der Waals surface area contributed by atoms with Crippen LogP contribution in [-0.4, -0.2) is 49.1 Å². The largest absolute Gasteiger partial charge is 0.342 e. The number of rotatable bonds is 9. The Balaban J connectivity index is 1.44. The van der Waals surface area contributed by atoms with Crippen molar-refractivity contribution in [2.45, 2.75) is 30.7 Å². The lowest BCUT2D eigenvalue weighted by atomic mass is 10.1. The van der Waals surface area contributed by atoms with Crippen LogP contribution in [-0.2, 0) is 32.6 Å². The summed E-state index contributed by atoms with van der Waals surface area (Å²) in [5, 5.41) is 2.78. The van der Waals surface area contributed by atoms with E-state index in [0.29, 0.717) is 12.1 Å². The summed E-state index contributed by atoms with van der Waals surface area (Å²) in [6.45, 7) is 1.35. The molecule has 2 amide bonds. The van der Waals surface area contributed by atoms with Crippen molar-refractivity contribution in [3.63, 3.8) is 0 Å². The zero-order valence-corrected chi connectivity index (χ0v) is 22.2. The van der Waals surface area contributed by atoms with Gasteiger partial charge in [0.15, 0.2) is 0 Å². The monoisotopic (exact) mass is 569 g/mol. The van der Waals surface area contributed by atoms with Gasteiger partial charge in [-0.3, -0.25) is 9.59 Å². The van der Waals surface area contributed by atoms with Crippen LogP contribution < -0.4 is 5.32 Å². The van der Waals surface area contributed by atoms with E-state index in [-0.39, 0.29) is 23.9 Å². The van der Waals surface area contributed by atoms with Crippen molar-refractivity contribution >= 4 is 43.5 Å². The van der Waals surface area contributed by atoms with Gasteiger partial charge < -0.3 is 10.2 Å². The second kappa shape index (κ2) is 11.8. The van der Waals surface area contributed by atoms with E-state index in [9.17, 15) is 18.0 Å². The summed E-state index contributed by atoms with van der Waals surface area (Å²) in [4.78, 5) is 27.3. The van der Waals surface area contributed by atoms with Gasteiger partial charge in [0.05, 0.1) is 17.9 Å². The molecule has 0 aliphatic carbocycles. The number of hydrogen-bond acceptors (Lipinski definition) is 4. The molecule has 188 valence electrons. The van der Waals surface area contributed by atoms with Gasteiger partial charge in [-0.15, -0.1) is 0 Å². The van der Waals surface area contributed by atoms with Crippen molar-refractivity contribution in [1.29, 1.82) is 0 Å². The highest BCUT2D eigenvalue weighted by Crippen LogP contribution is 2.21. The van der Waals surface area contributed by atoms with Crippen LogP contribution in [0, 0.1) is 0 Å². The maximum absolute atomic E-state index is 13.4. The fraction of sp³-hybridized carbons (Fsp3) is 0.259. The first-order chi connectivity index (χ1) is 17.3. The Hall–Kier alpha value is -3.01. The number of benzene rings is 3. The lowest BCUT2D eigenvalue weighted by Gasteiger charge is -2.22. The van der Waals surface area contributed by atoms with Gasteiger partial charge in [0, 0.05) is 29.8 Å². The lowest BCUT2D eigenvalue weighted by molar-refractivity contribution is -0.129. The van der Waals surface area contributed by atoms with E-state index in [1.165, 1.54) is 16.4 Å². The second-order valence-electron chi connectivity index (χ2n) is 8.72. The molecular weight excluding hydrogens is 542 g/mol. The molecule has 0 unspecified atom stereocenters. The summed E-state index contributed by atoms with van der Waals surface area (Å²) >= 11 is 3.32. The number of nitrogens with one attached hydrogen (secondary N) is 1. The molecule has 0 saturated carbocycles. The van der Waals surface area contributed by atoms with Crippen LogP contribution in [0.5, 0.6) is 0 Å². The standard InChI is InChI=1S/C27H28BrN3O4S/c28-23-10-14-25(15-11-23)36(34,35)31(19-22-6-2-1-3-7-22)20-26(32)29-24-12-8-21(9-13-24)18-27(33)30-16-4-5-17-30/h1-3,6-15H,4-5,16-20H2,(H,29,32). The van der Waals surface area contributed by atoms with Crippen molar-refractivity contribution in [3.05, 3.63) is 94.5 Å². The third kappa shape index (κ3) is 6.81. The van der Waals surface area contributed by atoms with Crippen LogP contribution in [0.2, 0.25) is 0 Å². The summed E-state index contributed by atoms with van der Waals surface area (Å²) < 4.78 is 28.7. The molecule has 7 nitrogen and oxygen atoms in total. The Morgan fingerprint density at radius 2 is 1.50 bits per heavy atom. The van der Waals surface area contributed by atoms with Crippen LogP contribution in [0.25, 0.3) is 0 Å². The number of likely N-dealkylation sites (tertiary alicyclic amines) is 1. The van der Waals surface area contributed by atoms with Gasteiger partial charge in [0.25, 0.3) is 0 Å². The van der Waals surface area contributed by atoms with Gasteiger partial charge in [-0.2, -0.15) is 4.31 Å². The highest BCUT2D eigenvalue weighted by Gasteiger charge is 2.27. The molecule has 1 fully saturated rings. The maximum Gasteiger partial charge on any atom is 0.243 e. The highest BCUT2D eigenvalue weighted by molar-refractivity contribution is 9.10. The highest BCUT2D eigenvalue weighted by atomic mass is 79.9. The van der Waals surface area contributed by atoms with Crippen LogP contribution in [0.1, 0.15) is 24.0 Å². The Kier molecular flexibility index (Phi) is 8.56. The molecule has 0 bridgehead atoms. The minimum Gasteiger partial charge on any atom is -0.342 e. The van der Waals surface area contributed by atoms with E-state index >= 15 is 0 Å². The van der Waals surface area contributed by atoms with Gasteiger partial charge in [0.1, 0.15) is 0 Å². The van der Waals surface area contributed by atoms with Crippen LogP contribution in [0.3, 0.4) is 0 Å². The quantitative estimate of drug-likeness (QED) is 0.412. The van der Waals surface area contributed by atoms with E-state index in [4.69, 9.17) is 0 Å². The second-order valence-corrected chi connectivity index (χ2v) is 11.6. The van der Waals surface area contributed by atoms with Gasteiger partial charge in [-0.05, 0) is 60.4 Å².